The largest absolute Gasteiger partial charge is 0.496 e. The van der Waals surface area contributed by atoms with E-state index in [1.165, 1.54) is 13.3 Å². The normalized spacial score (nSPS) is 10.0. The highest BCUT2D eigenvalue weighted by Crippen LogP contribution is 2.22. The fourth-order valence-corrected chi connectivity index (χ4v) is 1.64. The second-order valence-electron chi connectivity index (χ2n) is 3.78. The lowest BCUT2D eigenvalue weighted by atomic mass is 10.1. The molecule has 1 amide bonds. The van der Waals surface area contributed by atoms with E-state index >= 15 is 0 Å². The molecule has 1 heterocycles. The van der Waals surface area contributed by atoms with Crippen LogP contribution < -0.4 is 15.8 Å². The molecule has 0 saturated carbocycles. The summed E-state index contributed by atoms with van der Waals surface area (Å²) in [6.45, 7) is 0. The Kier molecular flexibility index (Phi) is 3.87. The van der Waals surface area contributed by atoms with Gasteiger partial charge in [0.05, 0.1) is 17.7 Å². The van der Waals surface area contributed by atoms with Crippen molar-refractivity contribution in [3.63, 3.8) is 0 Å². The topological polar surface area (TPSA) is 77.2 Å². The number of ether oxygens (including phenoxy) is 1. The Bertz CT molecular complexity index is 599. The van der Waals surface area contributed by atoms with Gasteiger partial charge in [0.25, 0.3) is 5.91 Å². The van der Waals surface area contributed by atoms with Crippen LogP contribution in [-0.2, 0) is 0 Å². The van der Waals surface area contributed by atoms with Gasteiger partial charge in [0.2, 0.25) is 0 Å². The number of halogens is 1. The molecule has 0 saturated heterocycles. The van der Waals surface area contributed by atoms with E-state index in [0.29, 0.717) is 27.8 Å². The van der Waals surface area contributed by atoms with Crippen molar-refractivity contribution in [3.05, 3.63) is 47.1 Å². The minimum Gasteiger partial charge on any atom is -0.496 e. The number of nitrogens with zero attached hydrogens (tertiary/aromatic N) is 1. The molecule has 5 nitrogen and oxygen atoms in total. The molecule has 0 bridgehead atoms. The molecule has 1 aromatic carbocycles. The summed E-state index contributed by atoms with van der Waals surface area (Å²) in [7, 11) is 1.48. The highest BCUT2D eigenvalue weighted by atomic mass is 35.5. The van der Waals surface area contributed by atoms with Crippen LogP contribution in [0.1, 0.15) is 10.4 Å². The summed E-state index contributed by atoms with van der Waals surface area (Å²) in [5, 5.41) is 3.15. The minimum atomic E-state index is -0.327. The highest BCUT2D eigenvalue weighted by Gasteiger charge is 2.13. The highest BCUT2D eigenvalue weighted by molar-refractivity contribution is 6.30. The SMILES string of the molecule is COc1cc(N)ccc1C(=O)Nc1ccc(Cl)cn1. The zero-order valence-corrected chi connectivity index (χ0v) is 10.9. The number of aromatic nitrogens is 1. The summed E-state index contributed by atoms with van der Waals surface area (Å²) in [6, 6.07) is 8.07. The molecule has 0 fully saturated rings. The van der Waals surface area contributed by atoms with Gasteiger partial charge in [-0.25, -0.2) is 4.98 Å². The van der Waals surface area contributed by atoms with Crippen LogP contribution in [0.4, 0.5) is 11.5 Å². The Morgan fingerprint density at radius 1 is 1.37 bits per heavy atom. The molecular weight excluding hydrogens is 266 g/mol. The maximum atomic E-state index is 12.1. The van der Waals surface area contributed by atoms with E-state index in [1.54, 1.807) is 30.3 Å². The van der Waals surface area contributed by atoms with Crippen LogP contribution in [0.5, 0.6) is 5.75 Å². The summed E-state index contributed by atoms with van der Waals surface area (Å²) in [6.07, 6.45) is 1.46. The lowest BCUT2D eigenvalue weighted by Crippen LogP contribution is -2.14. The first-order valence-corrected chi connectivity index (χ1v) is 5.84. The quantitative estimate of drug-likeness (QED) is 0.846. The molecule has 2 rings (SSSR count). The van der Waals surface area contributed by atoms with E-state index in [2.05, 4.69) is 10.3 Å². The van der Waals surface area contributed by atoms with Crippen LogP contribution >= 0.6 is 11.6 Å². The monoisotopic (exact) mass is 277 g/mol. The standard InChI is InChI=1S/C13H12ClN3O2/c1-19-11-6-9(15)3-4-10(11)13(18)17-12-5-2-8(14)7-16-12/h2-7H,15H2,1H3,(H,16,17,18). The number of hydrogen-bond donors (Lipinski definition) is 2. The Morgan fingerprint density at radius 2 is 2.16 bits per heavy atom. The van der Waals surface area contributed by atoms with Crippen molar-refractivity contribution in [2.75, 3.05) is 18.2 Å². The van der Waals surface area contributed by atoms with Crippen LogP contribution in [0.15, 0.2) is 36.5 Å². The molecule has 2 aromatic rings. The molecule has 1 aromatic heterocycles. The number of amides is 1. The molecule has 0 spiro atoms. The van der Waals surface area contributed by atoms with Crippen molar-refractivity contribution in [2.45, 2.75) is 0 Å². The average Bonchev–Trinajstić information content (AvgIpc) is 2.41. The van der Waals surface area contributed by atoms with Gasteiger partial charge in [-0.3, -0.25) is 4.79 Å². The number of carbonyl (C=O) groups excluding carboxylic acids is 1. The molecule has 0 atom stereocenters. The van der Waals surface area contributed by atoms with Gasteiger partial charge >= 0.3 is 0 Å². The summed E-state index contributed by atoms with van der Waals surface area (Å²) < 4.78 is 5.12. The number of benzene rings is 1. The molecule has 3 N–H and O–H groups in total. The van der Waals surface area contributed by atoms with Gasteiger partial charge < -0.3 is 15.8 Å². The number of anilines is 2. The van der Waals surface area contributed by atoms with Crippen molar-refractivity contribution in [2.24, 2.45) is 0 Å². The lowest BCUT2D eigenvalue weighted by molar-refractivity contribution is 0.102. The average molecular weight is 278 g/mol. The molecule has 0 aliphatic carbocycles. The Balaban J connectivity index is 2.22. The minimum absolute atomic E-state index is 0.327. The van der Waals surface area contributed by atoms with Crippen LogP contribution in [-0.4, -0.2) is 18.0 Å². The van der Waals surface area contributed by atoms with Crippen LogP contribution in [0, 0.1) is 0 Å². The summed E-state index contributed by atoms with van der Waals surface area (Å²) >= 11 is 5.72. The zero-order valence-electron chi connectivity index (χ0n) is 10.2. The van der Waals surface area contributed by atoms with Crippen LogP contribution in [0.3, 0.4) is 0 Å². The third-order valence-electron chi connectivity index (χ3n) is 2.44. The van der Waals surface area contributed by atoms with Crippen molar-refractivity contribution >= 4 is 29.0 Å². The fourth-order valence-electron chi connectivity index (χ4n) is 1.53. The molecule has 0 unspecified atom stereocenters. The van der Waals surface area contributed by atoms with Gasteiger partial charge in [-0.1, -0.05) is 11.6 Å². The predicted molar refractivity (Wildman–Crippen MR) is 74.6 cm³/mol. The third-order valence-corrected chi connectivity index (χ3v) is 2.66. The van der Waals surface area contributed by atoms with Crippen LogP contribution in [0.25, 0.3) is 0 Å². The van der Waals surface area contributed by atoms with E-state index in [4.69, 9.17) is 22.1 Å². The van der Waals surface area contributed by atoms with E-state index in [1.807, 2.05) is 0 Å². The molecule has 98 valence electrons. The van der Waals surface area contributed by atoms with Gasteiger partial charge in [0.1, 0.15) is 11.6 Å². The van der Waals surface area contributed by atoms with E-state index < -0.39 is 0 Å². The number of pyridine rings is 1. The molecule has 0 aliphatic heterocycles. The van der Waals surface area contributed by atoms with Crippen molar-refractivity contribution in [1.82, 2.24) is 4.98 Å². The maximum Gasteiger partial charge on any atom is 0.260 e. The number of nitrogen functional groups attached to an aromatic ring is 1. The first-order valence-electron chi connectivity index (χ1n) is 5.46. The number of hydrogen-bond acceptors (Lipinski definition) is 4. The molecule has 6 heteroatoms. The number of rotatable bonds is 3. The second-order valence-corrected chi connectivity index (χ2v) is 4.21. The van der Waals surface area contributed by atoms with E-state index in [0.717, 1.165) is 0 Å². The number of methoxy groups -OCH3 is 1. The van der Waals surface area contributed by atoms with Crippen molar-refractivity contribution in [1.29, 1.82) is 0 Å². The first-order chi connectivity index (χ1) is 9.10. The van der Waals surface area contributed by atoms with Gasteiger partial charge in [-0.2, -0.15) is 0 Å². The molecule has 0 aliphatic rings. The van der Waals surface area contributed by atoms with Gasteiger partial charge in [-0.15, -0.1) is 0 Å². The van der Waals surface area contributed by atoms with Crippen molar-refractivity contribution in [3.8, 4) is 5.75 Å². The lowest BCUT2D eigenvalue weighted by Gasteiger charge is -2.09. The zero-order chi connectivity index (χ0) is 13.8. The number of nitrogens with two attached hydrogens (primary N) is 1. The van der Waals surface area contributed by atoms with Gasteiger partial charge in [-0.05, 0) is 24.3 Å². The Morgan fingerprint density at radius 3 is 2.79 bits per heavy atom. The summed E-state index contributed by atoms with van der Waals surface area (Å²) in [5.41, 5.74) is 6.54. The Hall–Kier alpha value is -2.27. The second kappa shape index (κ2) is 5.58. The van der Waals surface area contributed by atoms with E-state index in [9.17, 15) is 4.79 Å². The Labute approximate surface area is 115 Å². The predicted octanol–water partition coefficient (Wildman–Crippen LogP) is 2.58. The first kappa shape index (κ1) is 13.2. The van der Waals surface area contributed by atoms with Crippen LogP contribution in [0.2, 0.25) is 5.02 Å². The summed E-state index contributed by atoms with van der Waals surface area (Å²) in [5.74, 6) is 0.492. The van der Waals surface area contributed by atoms with Gasteiger partial charge in [0, 0.05) is 18.0 Å². The van der Waals surface area contributed by atoms with Crippen molar-refractivity contribution < 1.29 is 9.53 Å². The summed E-state index contributed by atoms with van der Waals surface area (Å²) in [4.78, 5) is 16.1. The number of carbonyl (C=O) groups is 1. The third kappa shape index (κ3) is 3.14. The molecule has 0 radical (unpaired) electrons. The smallest absolute Gasteiger partial charge is 0.260 e. The number of nitrogens with one attached hydrogen (secondary N) is 1. The molecular formula is C13H12ClN3O2. The van der Waals surface area contributed by atoms with E-state index in [-0.39, 0.29) is 5.91 Å². The maximum absolute atomic E-state index is 12.1. The van der Waals surface area contributed by atoms with Gasteiger partial charge in [0.15, 0.2) is 0 Å². The fraction of sp³-hybridized carbons (Fsp3) is 0.0769. The molecule has 19 heavy (non-hydrogen) atoms.